The van der Waals surface area contributed by atoms with Gasteiger partial charge in [0.2, 0.25) is 0 Å². The SMILES string of the molecule is CCCCCC(CCCCC)CCCC(=O)OCCCCCCCBr. The molecule has 0 bridgehead atoms. The predicted octanol–water partition coefficient (Wildman–Crippen LogP) is 7.82. The van der Waals surface area contributed by atoms with Crippen LogP contribution < -0.4 is 0 Å². The predicted molar refractivity (Wildman–Crippen MR) is 113 cm³/mol. The second-order valence-electron chi connectivity index (χ2n) is 7.43. The van der Waals surface area contributed by atoms with Crippen LogP contribution in [0.4, 0.5) is 0 Å². The fourth-order valence-corrected chi connectivity index (χ4v) is 3.72. The number of unbranched alkanes of at least 4 members (excludes halogenated alkanes) is 8. The van der Waals surface area contributed by atoms with E-state index in [2.05, 4.69) is 29.8 Å². The van der Waals surface area contributed by atoms with Gasteiger partial charge in [0.25, 0.3) is 0 Å². The summed E-state index contributed by atoms with van der Waals surface area (Å²) in [7, 11) is 0. The summed E-state index contributed by atoms with van der Waals surface area (Å²) in [6.07, 6.45) is 19.5. The fraction of sp³-hybridized carbons (Fsp3) is 0.955. The number of carbonyl (C=O) groups is 1. The zero-order chi connectivity index (χ0) is 18.6. The molecule has 0 aliphatic carbocycles. The van der Waals surface area contributed by atoms with Crippen molar-refractivity contribution in [3.05, 3.63) is 0 Å². The summed E-state index contributed by atoms with van der Waals surface area (Å²) in [4.78, 5) is 11.9. The van der Waals surface area contributed by atoms with E-state index in [9.17, 15) is 4.79 Å². The summed E-state index contributed by atoms with van der Waals surface area (Å²) in [5.74, 6) is 0.835. The van der Waals surface area contributed by atoms with Crippen molar-refractivity contribution in [3.63, 3.8) is 0 Å². The Hall–Kier alpha value is -0.0500. The molecule has 0 N–H and O–H groups in total. The molecule has 0 radical (unpaired) electrons. The standard InChI is InChI=1S/C22H43BrO2/c1-3-5-10-15-21(16-11-6-4-2)17-14-18-22(24)25-20-13-9-7-8-12-19-23/h21H,3-20H2,1-2H3. The van der Waals surface area contributed by atoms with Crippen LogP contribution in [0.3, 0.4) is 0 Å². The highest BCUT2D eigenvalue weighted by molar-refractivity contribution is 9.09. The van der Waals surface area contributed by atoms with Crippen molar-refractivity contribution in [1.82, 2.24) is 0 Å². The number of rotatable bonds is 19. The minimum Gasteiger partial charge on any atom is -0.466 e. The van der Waals surface area contributed by atoms with E-state index in [0.29, 0.717) is 13.0 Å². The van der Waals surface area contributed by atoms with Gasteiger partial charge >= 0.3 is 5.97 Å². The van der Waals surface area contributed by atoms with Crippen LogP contribution in [0.15, 0.2) is 0 Å². The van der Waals surface area contributed by atoms with Gasteiger partial charge in [-0.3, -0.25) is 4.79 Å². The lowest BCUT2D eigenvalue weighted by Crippen LogP contribution is -2.08. The van der Waals surface area contributed by atoms with E-state index < -0.39 is 0 Å². The molecule has 0 amide bonds. The van der Waals surface area contributed by atoms with Crippen LogP contribution in [0.25, 0.3) is 0 Å². The smallest absolute Gasteiger partial charge is 0.305 e. The first kappa shape index (κ1) is 24.9. The van der Waals surface area contributed by atoms with Crippen molar-refractivity contribution in [1.29, 1.82) is 0 Å². The van der Waals surface area contributed by atoms with E-state index in [4.69, 9.17) is 4.74 Å². The maximum absolute atomic E-state index is 11.9. The summed E-state index contributed by atoms with van der Waals surface area (Å²) in [5.41, 5.74) is 0. The van der Waals surface area contributed by atoms with Gasteiger partial charge in [0.05, 0.1) is 6.61 Å². The highest BCUT2D eigenvalue weighted by Crippen LogP contribution is 2.23. The van der Waals surface area contributed by atoms with Crippen molar-refractivity contribution < 1.29 is 9.53 Å². The van der Waals surface area contributed by atoms with Gasteiger partial charge in [-0.2, -0.15) is 0 Å². The van der Waals surface area contributed by atoms with Gasteiger partial charge < -0.3 is 4.74 Å². The lowest BCUT2D eigenvalue weighted by atomic mass is 9.90. The first-order valence-electron chi connectivity index (χ1n) is 11.0. The normalized spacial score (nSPS) is 11.2. The van der Waals surface area contributed by atoms with Crippen LogP contribution in [-0.2, 0) is 9.53 Å². The highest BCUT2D eigenvalue weighted by Gasteiger charge is 2.10. The number of alkyl halides is 1. The summed E-state index contributed by atoms with van der Waals surface area (Å²) in [5, 5.41) is 1.10. The van der Waals surface area contributed by atoms with E-state index >= 15 is 0 Å². The van der Waals surface area contributed by atoms with E-state index in [1.165, 1.54) is 83.5 Å². The molecule has 0 aliphatic heterocycles. The van der Waals surface area contributed by atoms with Gasteiger partial charge in [0.15, 0.2) is 0 Å². The summed E-state index contributed by atoms with van der Waals surface area (Å²) in [6.45, 7) is 5.15. The Kier molecular flexibility index (Phi) is 20.2. The van der Waals surface area contributed by atoms with E-state index in [1.54, 1.807) is 0 Å². The van der Waals surface area contributed by atoms with Gasteiger partial charge in [-0.25, -0.2) is 0 Å². The second-order valence-corrected chi connectivity index (χ2v) is 8.22. The van der Waals surface area contributed by atoms with Gasteiger partial charge in [-0.05, 0) is 31.6 Å². The third kappa shape index (κ3) is 18.5. The molecule has 0 saturated heterocycles. The summed E-state index contributed by atoms with van der Waals surface area (Å²) in [6, 6.07) is 0. The molecule has 0 aromatic carbocycles. The van der Waals surface area contributed by atoms with E-state index in [-0.39, 0.29) is 5.97 Å². The molecule has 0 atom stereocenters. The Morgan fingerprint density at radius 2 is 1.32 bits per heavy atom. The fourth-order valence-electron chi connectivity index (χ4n) is 3.32. The molecular weight excluding hydrogens is 376 g/mol. The van der Waals surface area contributed by atoms with Crippen LogP contribution in [0.5, 0.6) is 0 Å². The molecule has 0 saturated carbocycles. The Labute approximate surface area is 166 Å². The zero-order valence-electron chi connectivity index (χ0n) is 17.0. The third-order valence-corrected chi connectivity index (χ3v) is 5.53. The van der Waals surface area contributed by atoms with Crippen molar-refractivity contribution >= 4 is 21.9 Å². The molecule has 0 aromatic rings. The van der Waals surface area contributed by atoms with Crippen molar-refractivity contribution in [2.75, 3.05) is 11.9 Å². The summed E-state index contributed by atoms with van der Waals surface area (Å²) >= 11 is 3.45. The number of halogens is 1. The topological polar surface area (TPSA) is 26.3 Å². The first-order chi connectivity index (χ1) is 12.2. The van der Waals surface area contributed by atoms with Gasteiger partial charge in [-0.1, -0.05) is 100 Å². The van der Waals surface area contributed by atoms with Gasteiger partial charge in [0, 0.05) is 11.8 Å². The molecule has 0 spiro atoms. The number of esters is 1. The summed E-state index contributed by atoms with van der Waals surface area (Å²) < 4.78 is 5.38. The van der Waals surface area contributed by atoms with Crippen molar-refractivity contribution in [2.45, 2.75) is 117 Å². The van der Waals surface area contributed by atoms with Crippen LogP contribution in [0.1, 0.15) is 117 Å². The lowest BCUT2D eigenvalue weighted by Gasteiger charge is -2.16. The Morgan fingerprint density at radius 1 is 0.760 bits per heavy atom. The Morgan fingerprint density at radius 3 is 1.92 bits per heavy atom. The third-order valence-electron chi connectivity index (χ3n) is 4.97. The molecule has 0 unspecified atom stereocenters. The Balaban J connectivity index is 3.68. The molecule has 25 heavy (non-hydrogen) atoms. The zero-order valence-corrected chi connectivity index (χ0v) is 18.6. The van der Waals surface area contributed by atoms with Crippen LogP contribution >= 0.6 is 15.9 Å². The molecule has 0 aliphatic rings. The first-order valence-corrected chi connectivity index (χ1v) is 12.1. The quantitative estimate of drug-likeness (QED) is 0.121. The molecule has 2 nitrogen and oxygen atoms in total. The largest absolute Gasteiger partial charge is 0.466 e. The minimum absolute atomic E-state index is 0.0151. The minimum atomic E-state index is 0.0151. The number of carbonyl (C=O) groups excluding carboxylic acids is 1. The van der Waals surface area contributed by atoms with Crippen molar-refractivity contribution in [2.24, 2.45) is 5.92 Å². The average molecular weight is 419 g/mol. The van der Waals surface area contributed by atoms with Crippen molar-refractivity contribution in [3.8, 4) is 0 Å². The molecule has 0 rings (SSSR count). The molecule has 0 heterocycles. The molecule has 3 heteroatoms. The van der Waals surface area contributed by atoms with Crippen LogP contribution in [0.2, 0.25) is 0 Å². The number of hydrogen-bond acceptors (Lipinski definition) is 2. The highest BCUT2D eigenvalue weighted by atomic mass is 79.9. The van der Waals surface area contributed by atoms with E-state index in [0.717, 1.165) is 24.1 Å². The monoisotopic (exact) mass is 418 g/mol. The molecule has 0 aromatic heterocycles. The second kappa shape index (κ2) is 20.3. The van der Waals surface area contributed by atoms with Crippen LogP contribution in [0, 0.1) is 5.92 Å². The molecule has 150 valence electrons. The lowest BCUT2D eigenvalue weighted by molar-refractivity contribution is -0.143. The number of ether oxygens (including phenoxy) is 1. The number of hydrogen-bond donors (Lipinski definition) is 0. The Bertz CT molecular complexity index is 271. The maximum atomic E-state index is 11.9. The van der Waals surface area contributed by atoms with Gasteiger partial charge in [-0.15, -0.1) is 0 Å². The van der Waals surface area contributed by atoms with E-state index in [1.807, 2.05) is 0 Å². The van der Waals surface area contributed by atoms with Gasteiger partial charge in [0.1, 0.15) is 0 Å². The average Bonchev–Trinajstić information content (AvgIpc) is 2.61. The molecule has 0 fully saturated rings. The molecular formula is C22H43BrO2. The van der Waals surface area contributed by atoms with Crippen LogP contribution in [-0.4, -0.2) is 17.9 Å². The maximum Gasteiger partial charge on any atom is 0.305 e.